The summed E-state index contributed by atoms with van der Waals surface area (Å²) in [4.78, 5) is 0. The van der Waals surface area contributed by atoms with Crippen molar-refractivity contribution in [2.24, 2.45) is 0 Å². The molecule has 0 fully saturated rings. The van der Waals surface area contributed by atoms with Gasteiger partial charge in [-0.25, -0.2) is 0 Å². The third-order valence-electron chi connectivity index (χ3n) is 2.85. The Morgan fingerprint density at radius 1 is 1.47 bits per heavy atom. The van der Waals surface area contributed by atoms with Crippen molar-refractivity contribution in [1.82, 2.24) is 5.32 Å². The van der Waals surface area contributed by atoms with Gasteiger partial charge in [0.25, 0.3) is 0 Å². The fourth-order valence-corrected chi connectivity index (χ4v) is 1.22. The van der Waals surface area contributed by atoms with Gasteiger partial charge in [-0.05, 0) is 46.6 Å². The van der Waals surface area contributed by atoms with E-state index in [0.29, 0.717) is 6.10 Å². The van der Waals surface area contributed by atoms with Gasteiger partial charge in [0.05, 0.1) is 12.2 Å². The van der Waals surface area contributed by atoms with Crippen molar-refractivity contribution >= 4 is 0 Å². The largest absolute Gasteiger partial charge is 0.379 e. The molecule has 1 N–H and O–H groups in total. The maximum Gasteiger partial charge on any atom is 0.103 e. The lowest BCUT2D eigenvalue weighted by molar-refractivity contribution is 0.0603. The Morgan fingerprint density at radius 3 is 2.60 bits per heavy atom. The van der Waals surface area contributed by atoms with E-state index in [1.807, 2.05) is 14.0 Å². The summed E-state index contributed by atoms with van der Waals surface area (Å²) in [5, 5.41) is 12.0. The van der Waals surface area contributed by atoms with E-state index < -0.39 is 0 Å². The van der Waals surface area contributed by atoms with E-state index in [2.05, 4.69) is 25.2 Å². The molecule has 0 aliphatic rings. The highest BCUT2D eigenvalue weighted by Crippen LogP contribution is 2.12. The van der Waals surface area contributed by atoms with E-state index in [-0.39, 0.29) is 5.54 Å². The summed E-state index contributed by atoms with van der Waals surface area (Å²) in [6, 6.07) is 2.29. The highest BCUT2D eigenvalue weighted by molar-refractivity contribution is 5.02. The van der Waals surface area contributed by atoms with Gasteiger partial charge in [-0.15, -0.1) is 0 Å². The van der Waals surface area contributed by atoms with Crippen LogP contribution in [0, 0.1) is 11.3 Å². The molecule has 0 spiro atoms. The Hall–Kier alpha value is -0.590. The fraction of sp³-hybridized carbons (Fsp3) is 0.917. The van der Waals surface area contributed by atoms with Gasteiger partial charge in [-0.1, -0.05) is 6.92 Å². The smallest absolute Gasteiger partial charge is 0.103 e. The predicted octanol–water partition coefficient (Wildman–Crippen LogP) is 2.47. The molecule has 0 aromatic rings. The monoisotopic (exact) mass is 212 g/mol. The van der Waals surface area contributed by atoms with Crippen LogP contribution in [0.2, 0.25) is 0 Å². The number of rotatable bonds is 8. The lowest BCUT2D eigenvalue weighted by Crippen LogP contribution is -2.37. The summed E-state index contributed by atoms with van der Waals surface area (Å²) >= 11 is 0. The highest BCUT2D eigenvalue weighted by Gasteiger charge is 2.19. The van der Waals surface area contributed by atoms with E-state index in [9.17, 15) is 0 Å². The number of nitrogens with one attached hydrogen (secondary N) is 1. The van der Waals surface area contributed by atoms with Crippen LogP contribution in [0.3, 0.4) is 0 Å². The van der Waals surface area contributed by atoms with Gasteiger partial charge in [0.1, 0.15) is 5.54 Å². The lowest BCUT2D eigenvalue weighted by Gasteiger charge is -2.20. The second-order valence-corrected chi connectivity index (χ2v) is 4.24. The van der Waals surface area contributed by atoms with Gasteiger partial charge in [0, 0.05) is 6.61 Å². The first-order valence-corrected chi connectivity index (χ1v) is 5.79. The molecule has 0 saturated carbocycles. The van der Waals surface area contributed by atoms with Crippen LogP contribution in [0.15, 0.2) is 0 Å². The van der Waals surface area contributed by atoms with Crippen molar-refractivity contribution in [1.29, 1.82) is 5.26 Å². The summed E-state index contributed by atoms with van der Waals surface area (Å²) in [6.45, 7) is 6.95. The summed E-state index contributed by atoms with van der Waals surface area (Å²) < 4.78 is 5.57. The average molecular weight is 212 g/mol. The Labute approximate surface area is 93.8 Å². The van der Waals surface area contributed by atoms with Crippen LogP contribution in [-0.4, -0.2) is 25.3 Å². The van der Waals surface area contributed by atoms with Crippen LogP contribution >= 0.6 is 0 Å². The molecule has 0 saturated heterocycles. The fourth-order valence-electron chi connectivity index (χ4n) is 1.22. The van der Waals surface area contributed by atoms with Gasteiger partial charge >= 0.3 is 0 Å². The SMILES string of the molecule is CCC(C)OCCCCC(C)(C#N)NC. The molecular formula is C12H24N2O. The van der Waals surface area contributed by atoms with Gasteiger partial charge in [0.15, 0.2) is 0 Å². The first kappa shape index (κ1) is 14.4. The first-order chi connectivity index (χ1) is 7.08. The third kappa shape index (κ3) is 6.48. The van der Waals surface area contributed by atoms with E-state index in [0.717, 1.165) is 32.3 Å². The Balaban J connectivity index is 3.51. The van der Waals surface area contributed by atoms with Crippen LogP contribution < -0.4 is 5.32 Å². The molecule has 88 valence electrons. The Kier molecular flexibility index (Phi) is 7.37. The summed E-state index contributed by atoms with van der Waals surface area (Å²) in [5.41, 5.74) is -0.379. The molecule has 15 heavy (non-hydrogen) atoms. The molecule has 2 unspecified atom stereocenters. The normalized spacial score (nSPS) is 16.7. The number of ether oxygens (including phenoxy) is 1. The molecule has 0 heterocycles. The molecule has 0 amide bonds. The van der Waals surface area contributed by atoms with Crippen molar-refractivity contribution in [3.05, 3.63) is 0 Å². The van der Waals surface area contributed by atoms with Gasteiger partial charge < -0.3 is 10.1 Å². The zero-order valence-corrected chi connectivity index (χ0v) is 10.5. The molecule has 0 rings (SSSR count). The van der Waals surface area contributed by atoms with E-state index in [1.165, 1.54) is 0 Å². The first-order valence-electron chi connectivity index (χ1n) is 5.79. The lowest BCUT2D eigenvalue weighted by atomic mass is 9.97. The minimum atomic E-state index is -0.379. The third-order valence-corrected chi connectivity index (χ3v) is 2.85. The molecule has 3 heteroatoms. The molecule has 2 atom stereocenters. The summed E-state index contributed by atoms with van der Waals surface area (Å²) in [7, 11) is 1.83. The van der Waals surface area contributed by atoms with Crippen LogP contribution in [0.25, 0.3) is 0 Å². The van der Waals surface area contributed by atoms with Crippen LogP contribution in [0.5, 0.6) is 0 Å². The second kappa shape index (κ2) is 7.67. The molecule has 0 bridgehead atoms. The Morgan fingerprint density at radius 2 is 2.13 bits per heavy atom. The molecule has 0 radical (unpaired) electrons. The molecule has 0 aliphatic heterocycles. The van der Waals surface area contributed by atoms with E-state index >= 15 is 0 Å². The average Bonchev–Trinajstić information content (AvgIpc) is 2.27. The van der Waals surface area contributed by atoms with Crippen LogP contribution in [0.4, 0.5) is 0 Å². The molecule has 0 aromatic carbocycles. The number of hydrogen-bond acceptors (Lipinski definition) is 3. The van der Waals surface area contributed by atoms with Gasteiger partial charge in [-0.2, -0.15) is 5.26 Å². The zero-order chi connectivity index (χ0) is 11.7. The van der Waals surface area contributed by atoms with Crippen molar-refractivity contribution in [2.75, 3.05) is 13.7 Å². The topological polar surface area (TPSA) is 45.0 Å². The predicted molar refractivity (Wildman–Crippen MR) is 62.6 cm³/mol. The minimum absolute atomic E-state index is 0.358. The molecular weight excluding hydrogens is 188 g/mol. The molecule has 3 nitrogen and oxygen atoms in total. The second-order valence-electron chi connectivity index (χ2n) is 4.24. The van der Waals surface area contributed by atoms with Crippen LogP contribution in [0.1, 0.15) is 46.5 Å². The standard InChI is InChI=1S/C12H24N2O/c1-5-11(2)15-9-7-6-8-12(3,10-13)14-4/h11,14H,5-9H2,1-4H3. The molecule has 0 aliphatic carbocycles. The number of nitriles is 1. The van der Waals surface area contributed by atoms with Crippen molar-refractivity contribution in [2.45, 2.75) is 58.1 Å². The van der Waals surface area contributed by atoms with Crippen molar-refractivity contribution < 1.29 is 4.74 Å². The number of hydrogen-bond donors (Lipinski definition) is 1. The van der Waals surface area contributed by atoms with E-state index in [4.69, 9.17) is 10.00 Å². The minimum Gasteiger partial charge on any atom is -0.379 e. The quantitative estimate of drug-likeness (QED) is 0.629. The number of nitrogens with zero attached hydrogens (tertiary/aromatic N) is 1. The van der Waals surface area contributed by atoms with Gasteiger partial charge in [0.2, 0.25) is 0 Å². The number of unbranched alkanes of at least 4 members (excludes halogenated alkanes) is 1. The maximum absolute atomic E-state index is 8.92. The van der Waals surface area contributed by atoms with Crippen LogP contribution in [-0.2, 0) is 4.74 Å². The zero-order valence-electron chi connectivity index (χ0n) is 10.5. The maximum atomic E-state index is 8.92. The van der Waals surface area contributed by atoms with Crippen molar-refractivity contribution in [3.8, 4) is 6.07 Å². The highest BCUT2D eigenvalue weighted by atomic mass is 16.5. The van der Waals surface area contributed by atoms with Gasteiger partial charge in [-0.3, -0.25) is 0 Å². The Bertz CT molecular complexity index is 200. The molecule has 0 aromatic heterocycles. The summed E-state index contributed by atoms with van der Waals surface area (Å²) in [6.07, 6.45) is 4.36. The van der Waals surface area contributed by atoms with E-state index in [1.54, 1.807) is 0 Å². The van der Waals surface area contributed by atoms with Crippen molar-refractivity contribution in [3.63, 3.8) is 0 Å². The summed E-state index contributed by atoms with van der Waals surface area (Å²) in [5.74, 6) is 0.